The zero-order valence-corrected chi connectivity index (χ0v) is 22.9. The van der Waals surface area contributed by atoms with E-state index in [1.807, 2.05) is 48.5 Å². The Labute approximate surface area is 230 Å². The number of hydrogen-bond acceptors (Lipinski definition) is 8. The Morgan fingerprint density at radius 3 is 2.49 bits per heavy atom. The Hall–Kier alpha value is -4.29. The van der Waals surface area contributed by atoms with Gasteiger partial charge in [0.25, 0.3) is 0 Å². The molecule has 3 aromatic rings. The van der Waals surface area contributed by atoms with Crippen LogP contribution in [0.3, 0.4) is 0 Å². The Kier molecular flexibility index (Phi) is 10.1. The molecule has 1 aliphatic heterocycles. The largest absolute Gasteiger partial charge is 0.391 e. The highest BCUT2D eigenvalue weighted by atomic mass is 16.3. The molecule has 204 valence electrons. The number of carbonyl (C=O) groups excluding carboxylic acids is 2. The lowest BCUT2D eigenvalue weighted by atomic mass is 9.87. The van der Waals surface area contributed by atoms with Gasteiger partial charge in [0.05, 0.1) is 30.9 Å². The van der Waals surface area contributed by atoms with Crippen LogP contribution >= 0.6 is 0 Å². The summed E-state index contributed by atoms with van der Waals surface area (Å²) in [5.74, 6) is -0.0916. The van der Waals surface area contributed by atoms with E-state index in [0.717, 1.165) is 16.9 Å². The molecule has 0 aliphatic carbocycles. The number of aldehydes is 1. The van der Waals surface area contributed by atoms with Gasteiger partial charge in [0, 0.05) is 43.3 Å². The van der Waals surface area contributed by atoms with Crippen molar-refractivity contribution in [3.05, 3.63) is 90.0 Å². The number of nitriles is 1. The maximum Gasteiger partial charge on any atom is 0.247 e. The van der Waals surface area contributed by atoms with Gasteiger partial charge in [-0.25, -0.2) is 0 Å². The van der Waals surface area contributed by atoms with E-state index in [2.05, 4.69) is 60.3 Å². The van der Waals surface area contributed by atoms with Crippen LogP contribution in [0.1, 0.15) is 50.1 Å². The van der Waals surface area contributed by atoms with Crippen molar-refractivity contribution >= 4 is 17.9 Å². The molecule has 2 N–H and O–H groups in total. The zero-order valence-electron chi connectivity index (χ0n) is 22.9. The van der Waals surface area contributed by atoms with Gasteiger partial charge in [0.1, 0.15) is 12.3 Å². The molecule has 39 heavy (non-hydrogen) atoms. The molecule has 1 amide bonds. The fourth-order valence-corrected chi connectivity index (χ4v) is 4.30. The number of carbonyl (C=O) groups is 2. The average Bonchev–Trinajstić information content (AvgIpc) is 3.33. The first-order valence-electron chi connectivity index (χ1n) is 12.8. The number of β-amino-alcohol motifs (C(OH)–C–C–N with tert-alkyl or cyclic N) is 1. The van der Waals surface area contributed by atoms with Crippen LogP contribution in [0.4, 0.5) is 5.69 Å². The number of benzene rings is 1. The van der Waals surface area contributed by atoms with Crippen molar-refractivity contribution in [1.82, 2.24) is 20.2 Å². The second-order valence-corrected chi connectivity index (χ2v) is 10.5. The molecule has 1 aromatic carbocycles. The first kappa shape index (κ1) is 29.3. The number of pyridine rings is 2. The molecule has 3 atom stereocenters. The van der Waals surface area contributed by atoms with Gasteiger partial charge in [-0.15, -0.1) is 0 Å². The minimum Gasteiger partial charge on any atom is -0.391 e. The van der Waals surface area contributed by atoms with Crippen molar-refractivity contribution in [2.24, 2.45) is 0 Å². The molecule has 0 saturated carbocycles. The Morgan fingerprint density at radius 1 is 1.21 bits per heavy atom. The van der Waals surface area contributed by atoms with Crippen molar-refractivity contribution in [3.63, 3.8) is 0 Å². The topological polar surface area (TPSA) is 122 Å². The molecular formula is C30H36N6O3. The van der Waals surface area contributed by atoms with E-state index < -0.39 is 18.2 Å². The summed E-state index contributed by atoms with van der Waals surface area (Å²) >= 11 is 0. The summed E-state index contributed by atoms with van der Waals surface area (Å²) in [5, 5.41) is 20.4. The van der Waals surface area contributed by atoms with E-state index in [0.29, 0.717) is 25.8 Å². The third-order valence-electron chi connectivity index (χ3n) is 6.55. The van der Waals surface area contributed by atoms with Crippen LogP contribution in [0, 0.1) is 11.5 Å². The Bertz CT molecular complexity index is 1240. The molecule has 0 spiro atoms. The molecule has 0 bridgehead atoms. The van der Waals surface area contributed by atoms with Crippen LogP contribution in [-0.4, -0.2) is 57.9 Å². The fourth-order valence-electron chi connectivity index (χ4n) is 4.30. The minimum absolute atomic E-state index is 0.0832. The number of hydrogen-bond donors (Lipinski definition) is 2. The molecule has 1 aliphatic rings. The van der Waals surface area contributed by atoms with Crippen LogP contribution in [0.25, 0.3) is 0 Å². The number of aliphatic hydroxyl groups excluding tert-OH is 1. The van der Waals surface area contributed by atoms with E-state index in [1.54, 1.807) is 18.6 Å². The van der Waals surface area contributed by atoms with Gasteiger partial charge in [-0.3, -0.25) is 19.7 Å². The Balaban J connectivity index is 0.000000353. The van der Waals surface area contributed by atoms with Gasteiger partial charge in [-0.1, -0.05) is 45.0 Å². The first-order valence-corrected chi connectivity index (χ1v) is 12.8. The quantitative estimate of drug-likeness (QED) is 0.354. The minimum atomic E-state index is -0.519. The average molecular weight is 529 g/mol. The van der Waals surface area contributed by atoms with Crippen molar-refractivity contribution in [3.8, 4) is 6.19 Å². The molecule has 3 heterocycles. The Morgan fingerprint density at radius 2 is 1.95 bits per heavy atom. The molecule has 1 fully saturated rings. The van der Waals surface area contributed by atoms with Gasteiger partial charge >= 0.3 is 0 Å². The van der Waals surface area contributed by atoms with Crippen LogP contribution < -0.4 is 10.2 Å². The van der Waals surface area contributed by atoms with Gasteiger partial charge in [-0.05, 0) is 41.3 Å². The summed E-state index contributed by atoms with van der Waals surface area (Å²) in [5.41, 5.74) is 3.98. The second kappa shape index (κ2) is 13.5. The summed E-state index contributed by atoms with van der Waals surface area (Å²) < 4.78 is 0. The lowest BCUT2D eigenvalue weighted by Gasteiger charge is -2.30. The normalized spacial score (nSPS) is 17.3. The lowest BCUT2D eigenvalue weighted by molar-refractivity contribution is -0.122. The van der Waals surface area contributed by atoms with Crippen LogP contribution in [0.5, 0.6) is 0 Å². The molecule has 2 aromatic heterocycles. The van der Waals surface area contributed by atoms with Crippen LogP contribution in [-0.2, 0) is 21.5 Å². The summed E-state index contributed by atoms with van der Waals surface area (Å²) in [6.07, 6.45) is 7.58. The predicted octanol–water partition coefficient (Wildman–Crippen LogP) is 3.37. The molecule has 0 radical (unpaired) electrons. The number of aliphatic hydroxyl groups is 1. The van der Waals surface area contributed by atoms with Crippen molar-refractivity contribution in [2.75, 3.05) is 18.5 Å². The molecule has 4 rings (SSSR count). The number of amides is 1. The monoisotopic (exact) mass is 528 g/mol. The molecule has 1 saturated heterocycles. The maximum absolute atomic E-state index is 13.1. The number of rotatable bonds is 7. The highest BCUT2D eigenvalue weighted by molar-refractivity contribution is 5.86. The third kappa shape index (κ3) is 8.09. The number of nitrogens with one attached hydrogen (secondary N) is 1. The number of aromatic nitrogens is 2. The molecule has 9 nitrogen and oxygen atoms in total. The predicted molar refractivity (Wildman–Crippen MR) is 149 cm³/mol. The summed E-state index contributed by atoms with van der Waals surface area (Å²) in [6, 6.07) is 16.9. The zero-order chi connectivity index (χ0) is 28.4. The number of likely N-dealkylation sites (N-methyl/N-ethyl adjacent to an activating group) is 1. The lowest BCUT2D eigenvalue weighted by Crippen LogP contribution is -2.38. The number of anilines is 1. The van der Waals surface area contributed by atoms with E-state index in [-0.39, 0.29) is 11.3 Å². The van der Waals surface area contributed by atoms with E-state index >= 15 is 0 Å². The van der Waals surface area contributed by atoms with E-state index in [9.17, 15) is 9.59 Å². The van der Waals surface area contributed by atoms with E-state index in [4.69, 9.17) is 10.4 Å². The second-order valence-electron chi connectivity index (χ2n) is 10.5. The van der Waals surface area contributed by atoms with Crippen molar-refractivity contribution in [2.45, 2.75) is 57.3 Å². The summed E-state index contributed by atoms with van der Waals surface area (Å²) in [4.78, 5) is 35.1. The van der Waals surface area contributed by atoms with E-state index in [1.165, 1.54) is 10.5 Å². The van der Waals surface area contributed by atoms with Crippen molar-refractivity contribution < 1.29 is 14.7 Å². The summed E-state index contributed by atoms with van der Waals surface area (Å²) in [6.45, 7) is 7.24. The van der Waals surface area contributed by atoms with Gasteiger partial charge in [-0.2, -0.15) is 5.26 Å². The van der Waals surface area contributed by atoms with Gasteiger partial charge in [0.15, 0.2) is 6.19 Å². The summed E-state index contributed by atoms with van der Waals surface area (Å²) in [7, 11) is 1.93. The third-order valence-corrected chi connectivity index (χ3v) is 6.55. The SMILES string of the molecule is CN(c1ccc(C(C)(C)C)cc1)C(C(=O)NCc1ccccn1)c1cccnc1.N#CN1CC(O)CC1C=O. The highest BCUT2D eigenvalue weighted by Gasteiger charge is 2.29. The molecular weight excluding hydrogens is 492 g/mol. The highest BCUT2D eigenvalue weighted by Crippen LogP contribution is 2.29. The molecule has 3 unspecified atom stereocenters. The number of likely N-dealkylation sites (tertiary alicyclic amines) is 1. The smallest absolute Gasteiger partial charge is 0.247 e. The van der Waals surface area contributed by atoms with Gasteiger partial charge in [0.2, 0.25) is 5.91 Å². The number of nitrogens with zero attached hydrogens (tertiary/aromatic N) is 5. The van der Waals surface area contributed by atoms with Crippen LogP contribution in [0.15, 0.2) is 73.2 Å². The van der Waals surface area contributed by atoms with Gasteiger partial charge < -0.3 is 20.1 Å². The van der Waals surface area contributed by atoms with Crippen molar-refractivity contribution in [1.29, 1.82) is 5.26 Å². The van der Waals surface area contributed by atoms with Crippen LogP contribution in [0.2, 0.25) is 0 Å². The molecule has 9 heteroatoms. The maximum atomic E-state index is 13.1. The standard InChI is InChI=1S/C24H28N4O.C6H8N2O2/c1-24(2,3)19-10-12-21(13-11-19)28(4)22(18-8-7-14-25-16-18)23(29)27-17-20-9-5-6-15-26-20;7-4-8-2-6(10)1-5(8)3-9/h5-16,22H,17H2,1-4H3,(H,27,29);3,5-6,10H,1-2H2. The fraction of sp³-hybridized carbons (Fsp3) is 0.367. The first-order chi connectivity index (χ1) is 18.6.